The molecule has 1 aromatic heterocycles. The minimum absolute atomic E-state index is 0.0803. The van der Waals surface area contributed by atoms with Crippen LogP contribution in [0.1, 0.15) is 23.2 Å². The quantitative estimate of drug-likeness (QED) is 0.844. The molecule has 0 saturated carbocycles. The lowest BCUT2D eigenvalue weighted by atomic mass is 9.91. The molecule has 1 aliphatic heterocycles. The molecule has 0 aliphatic carbocycles. The largest absolute Gasteiger partial charge is 0.381 e. The number of halogens is 1. The number of benzene rings is 1. The molecule has 4 heteroatoms. The van der Waals surface area contributed by atoms with Crippen LogP contribution < -0.4 is 0 Å². The van der Waals surface area contributed by atoms with E-state index >= 15 is 0 Å². The molecule has 94 valence electrons. The zero-order valence-electron chi connectivity index (χ0n) is 9.91. The van der Waals surface area contributed by atoms with Gasteiger partial charge in [0.15, 0.2) is 5.78 Å². The molecule has 3 nitrogen and oxygen atoms in total. The van der Waals surface area contributed by atoms with E-state index in [0.29, 0.717) is 18.2 Å². The molecule has 2 aromatic rings. The first-order chi connectivity index (χ1) is 8.77. The van der Waals surface area contributed by atoms with E-state index in [1.165, 1.54) is 0 Å². The van der Waals surface area contributed by atoms with Gasteiger partial charge < -0.3 is 9.72 Å². The van der Waals surface area contributed by atoms with Gasteiger partial charge in [0.2, 0.25) is 0 Å². The zero-order valence-corrected chi connectivity index (χ0v) is 10.7. The van der Waals surface area contributed by atoms with Crippen molar-refractivity contribution in [3.05, 3.63) is 35.0 Å². The predicted molar refractivity (Wildman–Crippen MR) is 71.2 cm³/mol. The molecule has 1 aliphatic rings. The van der Waals surface area contributed by atoms with E-state index in [-0.39, 0.29) is 11.7 Å². The number of Topliss-reactive ketones (excluding diaryl/α,β-unsaturated/α-hetero) is 1. The number of rotatable bonds is 2. The van der Waals surface area contributed by atoms with Crippen molar-refractivity contribution < 1.29 is 9.53 Å². The van der Waals surface area contributed by atoms with Crippen molar-refractivity contribution in [3.63, 3.8) is 0 Å². The van der Waals surface area contributed by atoms with Crippen molar-refractivity contribution in [2.45, 2.75) is 12.8 Å². The van der Waals surface area contributed by atoms with Gasteiger partial charge in [-0.2, -0.15) is 0 Å². The highest BCUT2D eigenvalue weighted by atomic mass is 35.5. The van der Waals surface area contributed by atoms with Gasteiger partial charge in [-0.25, -0.2) is 0 Å². The number of fused-ring (bicyclic) bond motifs is 1. The highest BCUT2D eigenvalue weighted by molar-refractivity contribution is 6.35. The number of aromatic amines is 1. The van der Waals surface area contributed by atoms with Crippen LogP contribution in [0.5, 0.6) is 0 Å². The topological polar surface area (TPSA) is 42.1 Å². The SMILES string of the molecule is O=C(c1c[nH]c2c(Cl)cccc12)C1CCOCC1. The monoisotopic (exact) mass is 263 g/mol. The normalized spacial score (nSPS) is 17.2. The Balaban J connectivity index is 1.98. The average Bonchev–Trinajstić information content (AvgIpc) is 2.84. The van der Waals surface area contributed by atoms with E-state index in [1.807, 2.05) is 18.2 Å². The number of ether oxygens (including phenoxy) is 1. The summed E-state index contributed by atoms with van der Waals surface area (Å²) in [7, 11) is 0. The fourth-order valence-corrected chi connectivity index (χ4v) is 2.73. The fraction of sp³-hybridized carbons (Fsp3) is 0.357. The van der Waals surface area contributed by atoms with Crippen molar-refractivity contribution in [3.8, 4) is 0 Å². The Labute approximate surface area is 110 Å². The Morgan fingerprint density at radius 1 is 1.33 bits per heavy atom. The first-order valence-electron chi connectivity index (χ1n) is 6.15. The minimum Gasteiger partial charge on any atom is -0.381 e. The number of nitrogens with one attached hydrogen (secondary N) is 1. The minimum atomic E-state index is 0.0803. The number of ketones is 1. The molecule has 2 heterocycles. The number of aromatic nitrogens is 1. The molecule has 0 radical (unpaired) electrons. The van der Waals surface area contributed by atoms with E-state index in [0.717, 1.165) is 29.3 Å². The first-order valence-corrected chi connectivity index (χ1v) is 6.52. The third kappa shape index (κ3) is 1.93. The van der Waals surface area contributed by atoms with Gasteiger partial charge in [-0.1, -0.05) is 23.7 Å². The van der Waals surface area contributed by atoms with Gasteiger partial charge in [0, 0.05) is 36.3 Å². The lowest BCUT2D eigenvalue weighted by Crippen LogP contribution is -2.23. The highest BCUT2D eigenvalue weighted by Gasteiger charge is 2.24. The molecule has 0 unspecified atom stereocenters. The van der Waals surface area contributed by atoms with Crippen LogP contribution in [-0.2, 0) is 4.74 Å². The van der Waals surface area contributed by atoms with Crippen LogP contribution in [0.2, 0.25) is 5.02 Å². The Hall–Kier alpha value is -1.32. The van der Waals surface area contributed by atoms with E-state index in [4.69, 9.17) is 16.3 Å². The third-order valence-corrected chi connectivity index (χ3v) is 3.84. The van der Waals surface area contributed by atoms with Gasteiger partial charge >= 0.3 is 0 Å². The zero-order chi connectivity index (χ0) is 12.5. The summed E-state index contributed by atoms with van der Waals surface area (Å²) in [5.74, 6) is 0.281. The lowest BCUT2D eigenvalue weighted by molar-refractivity contribution is 0.0546. The van der Waals surface area contributed by atoms with Crippen molar-refractivity contribution in [2.24, 2.45) is 5.92 Å². The third-order valence-electron chi connectivity index (χ3n) is 3.52. The van der Waals surface area contributed by atoms with Crippen LogP contribution in [0.15, 0.2) is 24.4 Å². The number of carbonyl (C=O) groups is 1. The maximum absolute atomic E-state index is 12.5. The Kier molecular flexibility index (Phi) is 3.10. The lowest BCUT2D eigenvalue weighted by Gasteiger charge is -2.20. The summed E-state index contributed by atoms with van der Waals surface area (Å²) in [5, 5.41) is 1.57. The molecule has 0 atom stereocenters. The summed E-state index contributed by atoms with van der Waals surface area (Å²) in [6.45, 7) is 1.36. The van der Waals surface area contributed by atoms with Crippen molar-refractivity contribution in [1.29, 1.82) is 0 Å². The van der Waals surface area contributed by atoms with Crippen molar-refractivity contribution in [1.82, 2.24) is 4.98 Å². The number of H-pyrrole nitrogens is 1. The maximum Gasteiger partial charge on any atom is 0.168 e. The number of hydrogen-bond acceptors (Lipinski definition) is 2. The molecule has 0 bridgehead atoms. The standard InChI is InChI=1S/C14H14ClNO2/c15-12-3-1-2-10-11(8-16-13(10)12)14(17)9-4-6-18-7-5-9/h1-3,8-9,16H,4-7H2. The van der Waals surface area contributed by atoms with E-state index in [2.05, 4.69) is 4.98 Å². The summed E-state index contributed by atoms with van der Waals surface area (Å²) in [6, 6.07) is 5.63. The van der Waals surface area contributed by atoms with Crippen LogP contribution in [-0.4, -0.2) is 24.0 Å². The highest BCUT2D eigenvalue weighted by Crippen LogP contribution is 2.28. The summed E-state index contributed by atoms with van der Waals surface area (Å²) < 4.78 is 5.29. The molecule has 18 heavy (non-hydrogen) atoms. The van der Waals surface area contributed by atoms with Crippen LogP contribution >= 0.6 is 11.6 Å². The van der Waals surface area contributed by atoms with E-state index in [1.54, 1.807) is 6.20 Å². The molecule has 1 saturated heterocycles. The van der Waals surface area contributed by atoms with Gasteiger partial charge in [-0.3, -0.25) is 4.79 Å². The second-order valence-corrected chi connectivity index (χ2v) is 5.02. The molecule has 3 rings (SSSR count). The molecular weight excluding hydrogens is 250 g/mol. The van der Waals surface area contributed by atoms with E-state index < -0.39 is 0 Å². The summed E-state index contributed by atoms with van der Waals surface area (Å²) >= 11 is 6.10. The van der Waals surface area contributed by atoms with Gasteiger partial charge in [0.25, 0.3) is 0 Å². The molecule has 1 N–H and O–H groups in total. The van der Waals surface area contributed by atoms with Crippen molar-refractivity contribution in [2.75, 3.05) is 13.2 Å². The fourth-order valence-electron chi connectivity index (χ4n) is 2.50. The molecule has 0 spiro atoms. The molecule has 0 amide bonds. The molecule has 1 aromatic carbocycles. The first kappa shape index (κ1) is 11.8. The summed E-state index contributed by atoms with van der Waals surface area (Å²) in [6.07, 6.45) is 3.40. The van der Waals surface area contributed by atoms with Gasteiger partial charge in [0.05, 0.1) is 10.5 Å². The Bertz CT molecular complexity index is 584. The Morgan fingerprint density at radius 3 is 2.89 bits per heavy atom. The summed E-state index contributed by atoms with van der Waals surface area (Å²) in [4.78, 5) is 15.6. The Morgan fingerprint density at radius 2 is 2.11 bits per heavy atom. The average molecular weight is 264 g/mol. The van der Waals surface area contributed by atoms with Gasteiger partial charge in [-0.05, 0) is 18.9 Å². The molecular formula is C14H14ClNO2. The van der Waals surface area contributed by atoms with Crippen LogP contribution in [0.3, 0.4) is 0 Å². The van der Waals surface area contributed by atoms with Gasteiger partial charge in [0.1, 0.15) is 0 Å². The van der Waals surface area contributed by atoms with E-state index in [9.17, 15) is 4.79 Å². The van der Waals surface area contributed by atoms with Crippen LogP contribution in [0.4, 0.5) is 0 Å². The number of carbonyl (C=O) groups excluding carboxylic acids is 1. The number of para-hydroxylation sites is 1. The number of hydrogen-bond donors (Lipinski definition) is 1. The van der Waals surface area contributed by atoms with Crippen molar-refractivity contribution >= 4 is 28.3 Å². The predicted octanol–water partition coefficient (Wildman–Crippen LogP) is 3.43. The smallest absolute Gasteiger partial charge is 0.168 e. The second kappa shape index (κ2) is 4.75. The van der Waals surface area contributed by atoms with Gasteiger partial charge in [-0.15, -0.1) is 0 Å². The molecule has 1 fully saturated rings. The van der Waals surface area contributed by atoms with Crippen LogP contribution in [0.25, 0.3) is 10.9 Å². The maximum atomic E-state index is 12.5. The van der Waals surface area contributed by atoms with Crippen LogP contribution in [0, 0.1) is 5.92 Å². The second-order valence-electron chi connectivity index (χ2n) is 4.62. The summed E-state index contributed by atoms with van der Waals surface area (Å²) in [5.41, 5.74) is 1.59.